The first kappa shape index (κ1) is 27.4. The van der Waals surface area contributed by atoms with Crippen molar-refractivity contribution in [3.05, 3.63) is 65.7 Å². The topological polar surface area (TPSA) is 86.8 Å². The summed E-state index contributed by atoms with van der Waals surface area (Å²) in [5.41, 5.74) is 2.24. The van der Waals surface area contributed by atoms with Gasteiger partial charge in [0, 0.05) is 13.1 Å². The van der Waals surface area contributed by atoms with E-state index in [1.807, 2.05) is 49.4 Å². The predicted octanol–water partition coefficient (Wildman–Crippen LogP) is 3.69. The van der Waals surface area contributed by atoms with E-state index < -0.39 is 28.5 Å². The summed E-state index contributed by atoms with van der Waals surface area (Å²) in [5, 5.41) is 2.82. The number of anilines is 1. The summed E-state index contributed by atoms with van der Waals surface area (Å²) in [7, 11) is -3.74. The zero-order valence-electron chi connectivity index (χ0n) is 21.0. The van der Waals surface area contributed by atoms with E-state index >= 15 is 0 Å². The highest BCUT2D eigenvalue weighted by atomic mass is 32.2. The summed E-state index contributed by atoms with van der Waals surface area (Å²) in [6, 6.07) is 15.8. The molecule has 0 radical (unpaired) electrons. The Hall–Kier alpha value is -2.87. The Labute approximate surface area is 204 Å². The minimum absolute atomic E-state index is 0.0853. The van der Waals surface area contributed by atoms with Crippen LogP contribution >= 0.6 is 0 Å². The minimum Gasteiger partial charge on any atom is -0.354 e. The Kier molecular flexibility index (Phi) is 9.27. The van der Waals surface area contributed by atoms with E-state index in [1.165, 1.54) is 4.90 Å². The SMILES string of the molecule is CCCNC(=O)C(C)N(Cc1ccccc1)C(=O)CN(c1ccc(C(C)(C)C)cc1)S(C)(=O)=O. The van der Waals surface area contributed by atoms with Gasteiger partial charge in [-0.15, -0.1) is 0 Å². The summed E-state index contributed by atoms with van der Waals surface area (Å²) in [4.78, 5) is 27.6. The molecule has 2 aromatic rings. The fourth-order valence-corrected chi connectivity index (χ4v) is 4.35. The first-order valence-electron chi connectivity index (χ1n) is 11.5. The van der Waals surface area contributed by atoms with Gasteiger partial charge in [-0.25, -0.2) is 8.42 Å². The Morgan fingerprint density at radius 3 is 2.09 bits per heavy atom. The van der Waals surface area contributed by atoms with Crippen LogP contribution < -0.4 is 9.62 Å². The molecule has 2 amide bonds. The van der Waals surface area contributed by atoms with Gasteiger partial charge in [-0.1, -0.05) is 70.2 Å². The zero-order chi connectivity index (χ0) is 25.5. The first-order valence-corrected chi connectivity index (χ1v) is 13.4. The van der Waals surface area contributed by atoms with Gasteiger partial charge >= 0.3 is 0 Å². The van der Waals surface area contributed by atoms with Crippen molar-refractivity contribution in [1.29, 1.82) is 0 Å². The fraction of sp³-hybridized carbons (Fsp3) is 0.462. The van der Waals surface area contributed by atoms with Gasteiger partial charge in [-0.2, -0.15) is 0 Å². The molecule has 0 aromatic heterocycles. The van der Waals surface area contributed by atoms with E-state index in [4.69, 9.17) is 0 Å². The van der Waals surface area contributed by atoms with Crippen molar-refractivity contribution in [1.82, 2.24) is 10.2 Å². The van der Waals surface area contributed by atoms with E-state index in [2.05, 4.69) is 26.1 Å². The smallest absolute Gasteiger partial charge is 0.244 e. The van der Waals surface area contributed by atoms with Crippen molar-refractivity contribution in [2.75, 3.05) is 23.7 Å². The third kappa shape index (κ3) is 7.58. The van der Waals surface area contributed by atoms with Crippen LogP contribution in [0.1, 0.15) is 52.2 Å². The molecule has 186 valence electrons. The second-order valence-corrected chi connectivity index (χ2v) is 11.4. The maximum absolute atomic E-state index is 13.5. The number of carbonyl (C=O) groups is 2. The molecule has 0 aliphatic carbocycles. The minimum atomic E-state index is -3.74. The summed E-state index contributed by atoms with van der Waals surface area (Å²) >= 11 is 0. The molecule has 0 bridgehead atoms. The van der Waals surface area contributed by atoms with Crippen LogP contribution in [0.25, 0.3) is 0 Å². The highest BCUT2D eigenvalue weighted by Crippen LogP contribution is 2.26. The summed E-state index contributed by atoms with van der Waals surface area (Å²) in [6.07, 6.45) is 1.86. The maximum atomic E-state index is 13.5. The average Bonchev–Trinajstić information content (AvgIpc) is 2.78. The molecule has 2 aromatic carbocycles. The zero-order valence-corrected chi connectivity index (χ0v) is 21.9. The van der Waals surface area contributed by atoms with Gasteiger partial charge in [0.25, 0.3) is 0 Å². The van der Waals surface area contributed by atoms with Crippen molar-refractivity contribution in [3.8, 4) is 0 Å². The first-order chi connectivity index (χ1) is 15.8. The van der Waals surface area contributed by atoms with Gasteiger partial charge < -0.3 is 10.2 Å². The Balaban J connectivity index is 2.35. The highest BCUT2D eigenvalue weighted by Gasteiger charge is 2.30. The highest BCUT2D eigenvalue weighted by molar-refractivity contribution is 7.92. The molecule has 1 unspecified atom stereocenters. The molecule has 2 rings (SSSR count). The lowest BCUT2D eigenvalue weighted by atomic mass is 9.87. The number of nitrogens with zero attached hydrogens (tertiary/aromatic N) is 2. The quantitative estimate of drug-likeness (QED) is 0.554. The third-order valence-electron chi connectivity index (χ3n) is 5.61. The molecule has 0 aliphatic rings. The number of carbonyl (C=O) groups excluding carboxylic acids is 2. The lowest BCUT2D eigenvalue weighted by Gasteiger charge is -2.31. The van der Waals surface area contributed by atoms with Gasteiger partial charge in [-0.3, -0.25) is 13.9 Å². The van der Waals surface area contributed by atoms with E-state index in [-0.39, 0.29) is 17.9 Å². The number of rotatable bonds is 10. The maximum Gasteiger partial charge on any atom is 0.244 e. The van der Waals surface area contributed by atoms with Gasteiger partial charge in [0.1, 0.15) is 12.6 Å². The molecule has 1 atom stereocenters. The van der Waals surface area contributed by atoms with Crippen LogP contribution in [0.5, 0.6) is 0 Å². The lowest BCUT2D eigenvalue weighted by molar-refractivity contribution is -0.139. The molecule has 34 heavy (non-hydrogen) atoms. The van der Waals surface area contributed by atoms with Crippen LogP contribution in [0.4, 0.5) is 5.69 Å². The van der Waals surface area contributed by atoms with Gasteiger partial charge in [0.05, 0.1) is 11.9 Å². The van der Waals surface area contributed by atoms with Crippen LogP contribution in [-0.2, 0) is 31.6 Å². The molecular weight excluding hydrogens is 450 g/mol. The Morgan fingerprint density at radius 1 is 1.00 bits per heavy atom. The van der Waals surface area contributed by atoms with Crippen LogP contribution in [0.15, 0.2) is 54.6 Å². The normalized spacial score (nSPS) is 12.6. The van der Waals surface area contributed by atoms with E-state index in [9.17, 15) is 18.0 Å². The second-order valence-electron chi connectivity index (χ2n) is 9.54. The molecule has 0 heterocycles. The Morgan fingerprint density at radius 2 is 1.59 bits per heavy atom. The predicted molar refractivity (Wildman–Crippen MR) is 137 cm³/mol. The number of amides is 2. The fourth-order valence-electron chi connectivity index (χ4n) is 3.50. The summed E-state index contributed by atoms with van der Waals surface area (Å²) < 4.78 is 26.4. The second kappa shape index (κ2) is 11.5. The third-order valence-corrected chi connectivity index (χ3v) is 6.75. The number of hydrogen-bond donors (Lipinski definition) is 1. The van der Waals surface area contributed by atoms with E-state index in [0.717, 1.165) is 28.1 Å². The monoisotopic (exact) mass is 487 g/mol. The molecule has 0 saturated heterocycles. The Bertz CT molecular complexity index is 1060. The van der Waals surface area contributed by atoms with Crippen molar-refractivity contribution >= 4 is 27.5 Å². The molecular formula is C26H37N3O4S. The van der Waals surface area contributed by atoms with E-state index in [1.54, 1.807) is 19.1 Å². The van der Waals surface area contributed by atoms with Gasteiger partial charge in [0.2, 0.25) is 21.8 Å². The molecule has 7 nitrogen and oxygen atoms in total. The number of nitrogens with one attached hydrogen (secondary N) is 1. The van der Waals surface area contributed by atoms with Gasteiger partial charge in [-0.05, 0) is 42.0 Å². The van der Waals surface area contributed by atoms with Crippen LogP contribution in [-0.4, -0.2) is 50.5 Å². The van der Waals surface area contributed by atoms with Crippen molar-refractivity contribution in [2.24, 2.45) is 0 Å². The molecule has 0 spiro atoms. The largest absolute Gasteiger partial charge is 0.354 e. The summed E-state index contributed by atoms with van der Waals surface area (Å²) in [6.45, 7) is 10.1. The van der Waals surface area contributed by atoms with Crippen LogP contribution in [0.2, 0.25) is 0 Å². The van der Waals surface area contributed by atoms with Crippen LogP contribution in [0.3, 0.4) is 0 Å². The van der Waals surface area contributed by atoms with Crippen molar-refractivity contribution in [2.45, 2.75) is 59.0 Å². The molecule has 8 heteroatoms. The molecule has 0 aliphatic heterocycles. The molecule has 1 N–H and O–H groups in total. The number of benzene rings is 2. The molecule has 0 saturated carbocycles. The van der Waals surface area contributed by atoms with Crippen molar-refractivity contribution < 1.29 is 18.0 Å². The number of sulfonamides is 1. The summed E-state index contributed by atoms with van der Waals surface area (Å²) in [5.74, 6) is -0.722. The average molecular weight is 488 g/mol. The van der Waals surface area contributed by atoms with Gasteiger partial charge in [0.15, 0.2) is 0 Å². The van der Waals surface area contributed by atoms with Crippen LogP contribution in [0, 0.1) is 0 Å². The van der Waals surface area contributed by atoms with E-state index in [0.29, 0.717) is 12.2 Å². The number of hydrogen-bond acceptors (Lipinski definition) is 4. The standard InChI is InChI=1S/C26H37N3O4S/c1-7-17-27-25(31)20(2)28(18-21-11-9-8-10-12-21)24(30)19-29(34(6,32)33)23-15-13-22(14-16-23)26(3,4)5/h8-16,20H,7,17-19H2,1-6H3,(H,27,31). The van der Waals surface area contributed by atoms with Crippen molar-refractivity contribution in [3.63, 3.8) is 0 Å². The molecule has 0 fully saturated rings. The lowest BCUT2D eigenvalue weighted by Crippen LogP contribution is -2.51.